The van der Waals surface area contributed by atoms with E-state index in [-0.39, 0.29) is 12.3 Å². The summed E-state index contributed by atoms with van der Waals surface area (Å²) >= 11 is 3.17. The quantitative estimate of drug-likeness (QED) is 0.816. The van der Waals surface area contributed by atoms with Crippen molar-refractivity contribution in [2.24, 2.45) is 5.73 Å². The van der Waals surface area contributed by atoms with Crippen molar-refractivity contribution in [3.05, 3.63) is 71.2 Å². The Morgan fingerprint density at radius 1 is 1.04 bits per heavy atom. The van der Waals surface area contributed by atoms with Crippen molar-refractivity contribution >= 4 is 27.7 Å². The number of nitrogens with two attached hydrogens (primary N) is 1. The molecule has 118 valence electrons. The first-order chi connectivity index (χ1) is 11.0. The predicted molar refractivity (Wildman–Crippen MR) is 95.0 cm³/mol. The Kier molecular flexibility index (Phi) is 5.71. The van der Waals surface area contributed by atoms with Crippen LogP contribution in [0.15, 0.2) is 65.7 Å². The molecule has 0 heterocycles. The van der Waals surface area contributed by atoms with Gasteiger partial charge in [-0.3, -0.25) is 9.59 Å². The molecule has 3 N–H and O–H groups in total. The highest BCUT2D eigenvalue weighted by Crippen LogP contribution is 2.19. The van der Waals surface area contributed by atoms with Crippen molar-refractivity contribution in [2.75, 3.05) is 0 Å². The second-order valence-corrected chi connectivity index (χ2v) is 6.21. The molecule has 0 bridgehead atoms. The summed E-state index contributed by atoms with van der Waals surface area (Å²) < 4.78 is 0.598. The summed E-state index contributed by atoms with van der Waals surface area (Å²) in [6, 6.07) is 16.3. The Hall–Kier alpha value is -2.40. The summed E-state index contributed by atoms with van der Waals surface area (Å²) in [5, 5.41) is 2.62. The van der Waals surface area contributed by atoms with Crippen LogP contribution in [0, 0.1) is 0 Å². The SMILES string of the molecule is C=C(Br)C[C@@H](NC(=O)c1ccc(-c2ccccc2)cc1)C(N)=O. The third kappa shape index (κ3) is 4.79. The molecule has 2 aromatic carbocycles. The number of hydrogen-bond donors (Lipinski definition) is 2. The fourth-order valence-electron chi connectivity index (χ4n) is 2.13. The fourth-order valence-corrected chi connectivity index (χ4v) is 2.45. The van der Waals surface area contributed by atoms with E-state index in [1.807, 2.05) is 42.5 Å². The van der Waals surface area contributed by atoms with Gasteiger partial charge in [0.2, 0.25) is 5.91 Å². The zero-order chi connectivity index (χ0) is 16.8. The third-order valence-electron chi connectivity index (χ3n) is 3.33. The van der Waals surface area contributed by atoms with Crippen LogP contribution in [0.3, 0.4) is 0 Å². The molecule has 4 nitrogen and oxygen atoms in total. The number of nitrogens with one attached hydrogen (secondary N) is 1. The number of primary amides is 1. The summed E-state index contributed by atoms with van der Waals surface area (Å²) in [4.78, 5) is 23.6. The van der Waals surface area contributed by atoms with Crippen molar-refractivity contribution < 1.29 is 9.59 Å². The number of amides is 2. The molecule has 0 aromatic heterocycles. The minimum absolute atomic E-state index is 0.253. The largest absolute Gasteiger partial charge is 0.368 e. The van der Waals surface area contributed by atoms with E-state index in [1.54, 1.807) is 12.1 Å². The number of rotatable bonds is 6. The summed E-state index contributed by atoms with van der Waals surface area (Å²) in [5.74, 6) is -0.943. The number of carbonyl (C=O) groups is 2. The van der Waals surface area contributed by atoms with Crippen LogP contribution < -0.4 is 11.1 Å². The normalized spacial score (nSPS) is 11.5. The van der Waals surface area contributed by atoms with E-state index in [4.69, 9.17) is 5.73 Å². The molecule has 23 heavy (non-hydrogen) atoms. The second kappa shape index (κ2) is 7.74. The second-order valence-electron chi connectivity index (χ2n) is 5.09. The monoisotopic (exact) mass is 372 g/mol. The molecular weight excluding hydrogens is 356 g/mol. The van der Waals surface area contributed by atoms with Gasteiger partial charge in [-0.2, -0.15) is 0 Å². The highest BCUT2D eigenvalue weighted by molar-refractivity contribution is 9.11. The van der Waals surface area contributed by atoms with E-state index < -0.39 is 11.9 Å². The van der Waals surface area contributed by atoms with Gasteiger partial charge in [-0.15, -0.1) is 0 Å². The van der Waals surface area contributed by atoms with Crippen molar-refractivity contribution in [1.82, 2.24) is 5.32 Å². The standard InChI is InChI=1S/C18H17BrN2O2/c1-12(19)11-16(17(20)22)21-18(23)15-9-7-14(8-10-15)13-5-3-2-4-6-13/h2-10,16H,1,11H2,(H2,20,22)(H,21,23)/t16-/m1/s1. The topological polar surface area (TPSA) is 72.2 Å². The molecule has 5 heteroatoms. The molecule has 1 atom stereocenters. The molecule has 0 aliphatic carbocycles. The van der Waals surface area contributed by atoms with E-state index >= 15 is 0 Å². The summed E-state index contributed by atoms with van der Waals surface area (Å²) in [6.45, 7) is 3.66. The molecule has 2 amide bonds. The zero-order valence-corrected chi connectivity index (χ0v) is 14.0. The lowest BCUT2D eigenvalue weighted by atomic mass is 10.0. The van der Waals surface area contributed by atoms with Gasteiger partial charge in [0.05, 0.1) is 0 Å². The van der Waals surface area contributed by atoms with Crippen LogP contribution in [0.25, 0.3) is 11.1 Å². The van der Waals surface area contributed by atoms with Gasteiger partial charge in [-0.25, -0.2) is 0 Å². The lowest BCUT2D eigenvalue weighted by molar-refractivity contribution is -0.119. The van der Waals surface area contributed by atoms with Crippen LogP contribution in [0.4, 0.5) is 0 Å². The van der Waals surface area contributed by atoms with Crippen molar-refractivity contribution in [1.29, 1.82) is 0 Å². The minimum atomic E-state index is -0.789. The maximum atomic E-state index is 12.2. The predicted octanol–water partition coefficient (Wildman–Crippen LogP) is 3.24. The third-order valence-corrected chi connectivity index (χ3v) is 3.65. The smallest absolute Gasteiger partial charge is 0.251 e. The van der Waals surface area contributed by atoms with Gasteiger partial charge < -0.3 is 11.1 Å². The van der Waals surface area contributed by atoms with Gasteiger partial charge in [0, 0.05) is 12.0 Å². The lowest BCUT2D eigenvalue weighted by Gasteiger charge is -2.15. The summed E-state index contributed by atoms with van der Waals surface area (Å²) in [7, 11) is 0. The van der Waals surface area contributed by atoms with E-state index in [1.165, 1.54) is 0 Å². The Bertz CT molecular complexity index is 712. The minimum Gasteiger partial charge on any atom is -0.368 e. The number of carbonyl (C=O) groups excluding carboxylic acids is 2. The highest BCUT2D eigenvalue weighted by atomic mass is 79.9. The molecule has 2 rings (SSSR count). The van der Waals surface area contributed by atoms with Gasteiger partial charge in [0.1, 0.15) is 6.04 Å². The summed E-state index contributed by atoms with van der Waals surface area (Å²) in [6.07, 6.45) is 0.253. The highest BCUT2D eigenvalue weighted by Gasteiger charge is 2.19. The number of benzene rings is 2. The first kappa shape index (κ1) is 17.0. The molecule has 0 saturated heterocycles. The molecule has 0 saturated carbocycles. The van der Waals surface area contributed by atoms with Gasteiger partial charge >= 0.3 is 0 Å². The van der Waals surface area contributed by atoms with Crippen molar-refractivity contribution in [3.8, 4) is 11.1 Å². The van der Waals surface area contributed by atoms with E-state index in [0.29, 0.717) is 10.0 Å². The number of hydrogen-bond acceptors (Lipinski definition) is 2. The Morgan fingerprint density at radius 3 is 2.13 bits per heavy atom. The van der Waals surface area contributed by atoms with Crippen LogP contribution in [-0.4, -0.2) is 17.9 Å². The Morgan fingerprint density at radius 2 is 1.61 bits per heavy atom. The molecule has 0 radical (unpaired) electrons. The van der Waals surface area contributed by atoms with Crippen LogP contribution >= 0.6 is 15.9 Å². The Labute approximate surface area is 143 Å². The van der Waals surface area contributed by atoms with Gasteiger partial charge in [-0.1, -0.05) is 65.0 Å². The van der Waals surface area contributed by atoms with Crippen LogP contribution in [-0.2, 0) is 4.79 Å². The molecule has 2 aromatic rings. The molecule has 0 aliphatic heterocycles. The molecule has 0 unspecified atom stereocenters. The van der Waals surface area contributed by atoms with E-state index in [2.05, 4.69) is 27.8 Å². The molecule has 0 spiro atoms. The fraction of sp³-hybridized carbons (Fsp3) is 0.111. The van der Waals surface area contributed by atoms with Gasteiger partial charge in [-0.05, 0) is 27.7 Å². The number of halogens is 1. The first-order valence-corrected chi connectivity index (χ1v) is 7.85. The van der Waals surface area contributed by atoms with E-state index in [9.17, 15) is 9.59 Å². The van der Waals surface area contributed by atoms with Crippen molar-refractivity contribution in [2.45, 2.75) is 12.5 Å². The van der Waals surface area contributed by atoms with Crippen LogP contribution in [0.2, 0.25) is 0 Å². The van der Waals surface area contributed by atoms with Gasteiger partial charge in [0.15, 0.2) is 0 Å². The van der Waals surface area contributed by atoms with E-state index in [0.717, 1.165) is 11.1 Å². The molecule has 0 aliphatic rings. The molecular formula is C18H17BrN2O2. The zero-order valence-electron chi connectivity index (χ0n) is 12.5. The average Bonchev–Trinajstić information content (AvgIpc) is 2.54. The maximum Gasteiger partial charge on any atom is 0.251 e. The maximum absolute atomic E-state index is 12.2. The average molecular weight is 373 g/mol. The Balaban J connectivity index is 2.11. The first-order valence-electron chi connectivity index (χ1n) is 7.06. The van der Waals surface area contributed by atoms with Crippen molar-refractivity contribution in [3.63, 3.8) is 0 Å². The lowest BCUT2D eigenvalue weighted by Crippen LogP contribution is -2.44. The summed E-state index contributed by atoms with van der Waals surface area (Å²) in [5.41, 5.74) is 7.85. The van der Waals surface area contributed by atoms with Crippen LogP contribution in [0.5, 0.6) is 0 Å². The van der Waals surface area contributed by atoms with Gasteiger partial charge in [0.25, 0.3) is 5.91 Å². The van der Waals surface area contributed by atoms with Crippen LogP contribution in [0.1, 0.15) is 16.8 Å². The molecule has 0 fully saturated rings.